The van der Waals surface area contributed by atoms with Crippen molar-refractivity contribution in [2.75, 3.05) is 10.7 Å². The van der Waals surface area contributed by atoms with Gasteiger partial charge in [-0.3, -0.25) is 30.4 Å². The molecule has 0 saturated carbocycles. The fraction of sp³-hybridized carbons (Fsp3) is 0.105. The number of aryl methyl sites for hydroxylation is 1. The molecule has 0 aromatic heterocycles. The number of barbiturate groups is 1. The van der Waals surface area contributed by atoms with Crippen LogP contribution < -0.4 is 31.8 Å². The first-order valence-electron chi connectivity index (χ1n) is 9.54. The second-order valence-electron chi connectivity index (χ2n) is 7.04. The summed E-state index contributed by atoms with van der Waals surface area (Å²) in [6.45, 7) is 1.83. The molecule has 2 atom stereocenters. The van der Waals surface area contributed by atoms with Gasteiger partial charge >= 0.3 is 6.03 Å². The average molecular weight is 473 g/mol. The summed E-state index contributed by atoms with van der Waals surface area (Å²) in [7, 11) is 0. The number of nitrogens with one attached hydrogen (secondary N) is 6. The molecule has 1 fully saturated rings. The summed E-state index contributed by atoms with van der Waals surface area (Å²) in [6.07, 6.45) is 0. The molecule has 2 aromatic carbocycles. The lowest BCUT2D eigenvalue weighted by Gasteiger charge is -2.22. The first-order chi connectivity index (χ1) is 16.1. The Labute approximate surface area is 190 Å². The van der Waals surface area contributed by atoms with Crippen molar-refractivity contribution in [1.82, 2.24) is 10.6 Å². The maximum absolute atomic E-state index is 12.9. The fourth-order valence-electron chi connectivity index (χ4n) is 2.92. The summed E-state index contributed by atoms with van der Waals surface area (Å²) < 4.78 is 0. The molecule has 0 bridgehead atoms. The van der Waals surface area contributed by atoms with Gasteiger partial charge in [0.1, 0.15) is 11.4 Å². The number of hydrogen-bond donors (Lipinski definition) is 8. The first kappa shape index (κ1) is 24.4. The van der Waals surface area contributed by atoms with Crippen LogP contribution >= 0.6 is 0 Å². The van der Waals surface area contributed by atoms with Gasteiger partial charge in [-0.2, -0.15) is 15.6 Å². The molecule has 2 aromatic rings. The lowest BCUT2D eigenvalue weighted by Crippen LogP contribution is -3.00. The molecule has 1 aliphatic heterocycles. The number of quaternary nitrogens is 2. The molecule has 0 aliphatic carbocycles. The van der Waals surface area contributed by atoms with Crippen molar-refractivity contribution in [1.29, 1.82) is 0 Å². The van der Waals surface area contributed by atoms with E-state index in [9.17, 15) is 34.8 Å². The molecule has 15 heteroatoms. The maximum Gasteiger partial charge on any atom is 0.328 e. The van der Waals surface area contributed by atoms with Crippen LogP contribution in [0.3, 0.4) is 0 Å². The van der Waals surface area contributed by atoms with Crippen LogP contribution in [0.2, 0.25) is 0 Å². The van der Waals surface area contributed by atoms with E-state index in [4.69, 9.17) is 5.21 Å². The van der Waals surface area contributed by atoms with Crippen LogP contribution in [-0.4, -0.2) is 39.9 Å². The van der Waals surface area contributed by atoms with Crippen LogP contribution in [-0.2, 0) is 14.4 Å². The van der Waals surface area contributed by atoms with E-state index in [-0.39, 0.29) is 11.4 Å². The van der Waals surface area contributed by atoms with E-state index in [1.807, 2.05) is 17.6 Å². The summed E-state index contributed by atoms with van der Waals surface area (Å²) >= 11 is 0. The monoisotopic (exact) mass is 473 g/mol. The van der Waals surface area contributed by atoms with Gasteiger partial charge in [-0.15, -0.1) is 0 Å². The Morgan fingerprint density at radius 2 is 1.62 bits per heavy atom. The number of hydrazone groups is 1. The number of nitrogens with zero attached hydrogens (tertiary/aromatic N) is 1. The third-order valence-corrected chi connectivity index (χ3v) is 4.61. The van der Waals surface area contributed by atoms with Crippen LogP contribution in [0.4, 0.5) is 27.5 Å². The van der Waals surface area contributed by atoms with Crippen molar-refractivity contribution in [2.45, 2.75) is 6.92 Å². The lowest BCUT2D eigenvalue weighted by atomic mass is 9.99. The molecule has 0 radical (unpaired) electrons. The number of imide groups is 2. The third-order valence-electron chi connectivity index (χ3n) is 4.61. The zero-order valence-corrected chi connectivity index (χ0v) is 17.4. The number of urea groups is 1. The quantitative estimate of drug-likeness (QED) is 0.129. The smallest absolute Gasteiger partial charge is 0.328 e. The molecule has 1 aliphatic rings. The minimum Gasteiger partial charge on any atom is -0.595 e. The van der Waals surface area contributed by atoms with Crippen molar-refractivity contribution in [3.63, 3.8) is 0 Å². The molecule has 178 valence electrons. The Bertz CT molecular complexity index is 1140. The second kappa shape index (κ2) is 10.1. The first-order valence-corrected chi connectivity index (χ1v) is 9.54. The zero-order valence-electron chi connectivity index (χ0n) is 17.4. The van der Waals surface area contributed by atoms with Crippen molar-refractivity contribution in [3.05, 3.63) is 58.4 Å². The maximum atomic E-state index is 12.9. The Balaban J connectivity index is 1.98. The summed E-state index contributed by atoms with van der Waals surface area (Å²) in [5, 5.41) is 48.3. The third kappa shape index (κ3) is 5.56. The van der Waals surface area contributed by atoms with E-state index < -0.39 is 51.5 Å². The largest absolute Gasteiger partial charge is 0.595 e. The summed E-state index contributed by atoms with van der Waals surface area (Å²) in [4.78, 5) is 49.0. The Kier molecular flexibility index (Phi) is 7.27. The highest BCUT2D eigenvalue weighted by Crippen LogP contribution is 2.21. The van der Waals surface area contributed by atoms with E-state index in [2.05, 4.69) is 15.8 Å². The molecular weight excluding hydrogens is 454 g/mol. The molecule has 8 N–H and O–H groups in total. The highest BCUT2D eigenvalue weighted by molar-refractivity contribution is 6.51. The van der Waals surface area contributed by atoms with Gasteiger partial charge in [0.05, 0.1) is 6.07 Å². The van der Waals surface area contributed by atoms with E-state index in [0.29, 0.717) is 5.69 Å². The fourth-order valence-corrected chi connectivity index (χ4v) is 2.92. The molecule has 1 heterocycles. The molecule has 1 saturated heterocycles. The van der Waals surface area contributed by atoms with Gasteiger partial charge in [0, 0.05) is 11.8 Å². The second-order valence-corrected chi connectivity index (χ2v) is 7.04. The molecule has 2 unspecified atom stereocenters. The van der Waals surface area contributed by atoms with Crippen molar-refractivity contribution < 1.29 is 40.0 Å². The van der Waals surface area contributed by atoms with E-state index >= 15 is 0 Å². The number of hydrogen-bond acceptors (Lipinski definition) is 10. The summed E-state index contributed by atoms with van der Waals surface area (Å²) in [5.41, 5.74) is 1.82. The SMILES string of the molecule is Cc1ccc(NC(=O)/C(=N/Nc2ccc([NH+]([O-])O)cc2[NH+]([O-])O)C2C(=O)NC(=O)NC2=O)cc1. The number of benzene rings is 2. The standard InChI is InChI=1S/C19H19N7O8/c1-9-2-4-10(5-3-9)20-18(29)15(14-16(27)21-19(30)22-17(14)28)24-23-12-7-6-11(25(31)32)8-13(12)26(33)34/h2-8,14,23,25-26,31,33H,1H3,(H,20,29)(H2,21,22,27,28,30)/b24-15+. The van der Waals surface area contributed by atoms with Crippen molar-refractivity contribution in [3.8, 4) is 0 Å². The Hall–Kier alpha value is -4.25. The Morgan fingerprint density at radius 1 is 1.00 bits per heavy atom. The highest BCUT2D eigenvalue weighted by Gasteiger charge is 2.41. The molecule has 3 rings (SSSR count). The number of carbonyl (C=O) groups excluding carboxylic acids is 4. The number of carbonyl (C=O) groups is 4. The zero-order chi connectivity index (χ0) is 25.0. The molecule has 0 spiro atoms. The van der Waals surface area contributed by atoms with Crippen molar-refractivity contribution in [2.24, 2.45) is 11.0 Å². The van der Waals surface area contributed by atoms with E-state index in [1.54, 1.807) is 24.3 Å². The highest BCUT2D eigenvalue weighted by atomic mass is 16.8. The lowest BCUT2D eigenvalue weighted by molar-refractivity contribution is -0.996. The van der Waals surface area contributed by atoms with Gasteiger partial charge < -0.3 is 15.7 Å². The van der Waals surface area contributed by atoms with Crippen LogP contribution in [0.25, 0.3) is 0 Å². The van der Waals surface area contributed by atoms with Gasteiger partial charge in [0.2, 0.25) is 11.8 Å². The molecule has 15 nitrogen and oxygen atoms in total. The van der Waals surface area contributed by atoms with Gasteiger partial charge in [0.15, 0.2) is 17.3 Å². The number of anilines is 2. The van der Waals surface area contributed by atoms with E-state index in [1.165, 1.54) is 0 Å². The van der Waals surface area contributed by atoms with Gasteiger partial charge in [-0.1, -0.05) is 17.7 Å². The van der Waals surface area contributed by atoms with Crippen LogP contribution in [0.1, 0.15) is 5.56 Å². The average Bonchev–Trinajstić information content (AvgIpc) is 2.76. The molecule has 5 amide bonds. The normalized spacial score (nSPS) is 16.4. The van der Waals surface area contributed by atoms with Gasteiger partial charge in [-0.25, -0.2) is 15.2 Å². The molecule has 34 heavy (non-hydrogen) atoms. The van der Waals surface area contributed by atoms with Crippen LogP contribution in [0, 0.1) is 23.3 Å². The Morgan fingerprint density at radius 3 is 2.18 bits per heavy atom. The van der Waals surface area contributed by atoms with E-state index in [0.717, 1.165) is 23.8 Å². The predicted octanol–water partition coefficient (Wildman–Crippen LogP) is -1.81. The van der Waals surface area contributed by atoms with Gasteiger partial charge in [-0.05, 0) is 25.1 Å². The van der Waals surface area contributed by atoms with Crippen LogP contribution in [0.5, 0.6) is 0 Å². The minimum atomic E-state index is -1.85. The van der Waals surface area contributed by atoms with Crippen LogP contribution in [0.15, 0.2) is 47.6 Å². The molecular formula is C19H19N7O8. The predicted molar refractivity (Wildman–Crippen MR) is 114 cm³/mol. The topological polar surface area (TPSA) is 224 Å². The summed E-state index contributed by atoms with van der Waals surface area (Å²) in [6, 6.07) is 8.52. The van der Waals surface area contributed by atoms with Crippen molar-refractivity contribution >= 4 is 52.2 Å². The number of amides is 5. The number of rotatable bonds is 7. The minimum absolute atomic E-state index is 0.217. The van der Waals surface area contributed by atoms with Gasteiger partial charge in [0.25, 0.3) is 5.91 Å². The summed E-state index contributed by atoms with van der Waals surface area (Å²) in [5.74, 6) is -5.07.